The van der Waals surface area contributed by atoms with Crippen molar-refractivity contribution in [3.8, 4) is 0 Å². The van der Waals surface area contributed by atoms with E-state index in [9.17, 15) is 14.4 Å². The zero-order chi connectivity index (χ0) is 21.2. The second-order valence-electron chi connectivity index (χ2n) is 6.66. The number of esters is 1. The Labute approximate surface area is 171 Å². The van der Waals surface area contributed by atoms with Crippen LogP contribution in [0.3, 0.4) is 0 Å². The van der Waals surface area contributed by atoms with Crippen LogP contribution < -0.4 is 5.32 Å². The second kappa shape index (κ2) is 10.8. The van der Waals surface area contributed by atoms with Crippen molar-refractivity contribution < 1.29 is 19.1 Å². The van der Waals surface area contributed by atoms with Crippen LogP contribution in [0.15, 0.2) is 54.6 Å². The van der Waals surface area contributed by atoms with Gasteiger partial charge in [-0.2, -0.15) is 0 Å². The molecule has 0 unspecified atom stereocenters. The van der Waals surface area contributed by atoms with Crippen LogP contribution in [-0.4, -0.2) is 42.9 Å². The van der Waals surface area contributed by atoms with E-state index in [4.69, 9.17) is 4.74 Å². The van der Waals surface area contributed by atoms with E-state index in [0.29, 0.717) is 0 Å². The largest absolute Gasteiger partial charge is 0.452 e. The lowest BCUT2D eigenvalue weighted by atomic mass is 10.1. The van der Waals surface area contributed by atoms with Crippen LogP contribution in [0.1, 0.15) is 23.6 Å². The van der Waals surface area contributed by atoms with E-state index in [1.165, 1.54) is 18.0 Å². The number of rotatable bonds is 8. The Bertz CT molecular complexity index is 905. The molecule has 2 aromatic rings. The molecule has 2 aromatic carbocycles. The third-order valence-electron chi connectivity index (χ3n) is 4.27. The molecule has 0 aliphatic carbocycles. The molecule has 0 fully saturated rings. The molecule has 1 N–H and O–H groups in total. The summed E-state index contributed by atoms with van der Waals surface area (Å²) in [5, 5.41) is 2.80. The van der Waals surface area contributed by atoms with E-state index in [2.05, 4.69) is 5.32 Å². The second-order valence-corrected chi connectivity index (χ2v) is 6.66. The lowest BCUT2D eigenvalue weighted by Crippen LogP contribution is -2.37. The Hall–Kier alpha value is -3.41. The fourth-order valence-corrected chi connectivity index (χ4v) is 2.67. The Morgan fingerprint density at radius 1 is 1.10 bits per heavy atom. The van der Waals surface area contributed by atoms with Gasteiger partial charge in [0, 0.05) is 18.8 Å². The van der Waals surface area contributed by atoms with Gasteiger partial charge in [-0.25, -0.2) is 4.79 Å². The van der Waals surface area contributed by atoms with Gasteiger partial charge in [0.05, 0.1) is 6.54 Å². The summed E-state index contributed by atoms with van der Waals surface area (Å²) >= 11 is 0. The quantitative estimate of drug-likeness (QED) is 0.551. The predicted molar refractivity (Wildman–Crippen MR) is 113 cm³/mol. The van der Waals surface area contributed by atoms with Crippen molar-refractivity contribution >= 4 is 29.5 Å². The first kappa shape index (κ1) is 21.9. The van der Waals surface area contributed by atoms with Crippen LogP contribution in [0.2, 0.25) is 0 Å². The first-order valence-electron chi connectivity index (χ1n) is 9.42. The molecule has 2 rings (SSSR count). The van der Waals surface area contributed by atoms with E-state index < -0.39 is 18.5 Å². The number of carbonyl (C=O) groups is 3. The van der Waals surface area contributed by atoms with Gasteiger partial charge < -0.3 is 15.0 Å². The third kappa shape index (κ3) is 7.25. The Morgan fingerprint density at radius 3 is 2.59 bits per heavy atom. The number of para-hydroxylation sites is 1. The van der Waals surface area contributed by atoms with Crippen LogP contribution in [-0.2, 0) is 25.5 Å². The third-order valence-corrected chi connectivity index (χ3v) is 4.27. The van der Waals surface area contributed by atoms with E-state index in [1.54, 1.807) is 6.08 Å². The summed E-state index contributed by atoms with van der Waals surface area (Å²) in [5.41, 5.74) is 3.70. The number of anilines is 1. The van der Waals surface area contributed by atoms with E-state index in [1.807, 2.05) is 62.4 Å². The van der Waals surface area contributed by atoms with Crippen molar-refractivity contribution in [3.05, 3.63) is 71.3 Å². The maximum atomic E-state index is 12.2. The molecule has 0 atom stereocenters. The van der Waals surface area contributed by atoms with Gasteiger partial charge in [0.2, 0.25) is 5.91 Å². The molecule has 0 bridgehead atoms. The molecule has 6 heteroatoms. The van der Waals surface area contributed by atoms with Gasteiger partial charge in [-0.1, -0.05) is 55.0 Å². The maximum absolute atomic E-state index is 12.2. The van der Waals surface area contributed by atoms with Gasteiger partial charge in [0.1, 0.15) is 0 Å². The zero-order valence-electron chi connectivity index (χ0n) is 17.0. The standard InChI is InChI=1S/C23H26N2O4/c1-4-19-10-5-6-11-20(19)24-21(26)15-25(3)22(27)16-29-23(28)13-12-18-9-7-8-17(2)14-18/h5-14H,4,15-16H2,1-3H3,(H,24,26)/b13-12+. The Morgan fingerprint density at radius 2 is 1.86 bits per heavy atom. The monoisotopic (exact) mass is 394 g/mol. The minimum Gasteiger partial charge on any atom is -0.452 e. The normalized spacial score (nSPS) is 10.6. The number of benzene rings is 2. The average molecular weight is 394 g/mol. The fraction of sp³-hybridized carbons (Fsp3) is 0.261. The van der Waals surface area contributed by atoms with Crippen molar-refractivity contribution in [1.82, 2.24) is 4.90 Å². The molecule has 152 valence electrons. The lowest BCUT2D eigenvalue weighted by Gasteiger charge is -2.17. The van der Waals surface area contributed by atoms with Crippen LogP contribution >= 0.6 is 0 Å². The molecule has 0 aliphatic rings. The van der Waals surface area contributed by atoms with Crippen molar-refractivity contribution in [2.75, 3.05) is 25.5 Å². The lowest BCUT2D eigenvalue weighted by molar-refractivity contribution is -0.148. The molecule has 0 spiro atoms. The number of aryl methyl sites for hydroxylation is 2. The first-order chi connectivity index (χ1) is 13.9. The molecule has 0 saturated carbocycles. The van der Waals surface area contributed by atoms with Crippen molar-refractivity contribution in [3.63, 3.8) is 0 Å². The van der Waals surface area contributed by atoms with Crippen molar-refractivity contribution in [1.29, 1.82) is 0 Å². The van der Waals surface area contributed by atoms with Gasteiger partial charge in [-0.3, -0.25) is 9.59 Å². The zero-order valence-corrected chi connectivity index (χ0v) is 17.0. The summed E-state index contributed by atoms with van der Waals surface area (Å²) in [6, 6.07) is 15.2. The molecule has 0 aromatic heterocycles. The molecule has 0 heterocycles. The SMILES string of the molecule is CCc1ccccc1NC(=O)CN(C)C(=O)COC(=O)/C=C/c1cccc(C)c1. The van der Waals surface area contributed by atoms with Crippen LogP contribution in [0.25, 0.3) is 6.08 Å². The molecule has 0 saturated heterocycles. The van der Waals surface area contributed by atoms with Gasteiger partial charge in [0.25, 0.3) is 5.91 Å². The summed E-state index contributed by atoms with van der Waals surface area (Å²) in [6.07, 6.45) is 3.69. The number of nitrogens with one attached hydrogen (secondary N) is 1. The number of hydrogen-bond acceptors (Lipinski definition) is 4. The van der Waals surface area contributed by atoms with Crippen LogP contribution in [0.4, 0.5) is 5.69 Å². The molecule has 0 aliphatic heterocycles. The average Bonchev–Trinajstić information content (AvgIpc) is 2.70. The minimum absolute atomic E-state index is 0.131. The first-order valence-corrected chi connectivity index (χ1v) is 9.42. The highest BCUT2D eigenvalue weighted by Crippen LogP contribution is 2.15. The number of carbonyl (C=O) groups excluding carboxylic acids is 3. The van der Waals surface area contributed by atoms with Crippen LogP contribution in [0.5, 0.6) is 0 Å². The maximum Gasteiger partial charge on any atom is 0.331 e. The summed E-state index contributed by atoms with van der Waals surface area (Å²) in [6.45, 7) is 3.41. The van der Waals surface area contributed by atoms with Crippen molar-refractivity contribution in [2.24, 2.45) is 0 Å². The summed E-state index contributed by atoms with van der Waals surface area (Å²) in [7, 11) is 1.49. The predicted octanol–water partition coefficient (Wildman–Crippen LogP) is 3.21. The number of likely N-dealkylation sites (N-methyl/N-ethyl adjacent to an activating group) is 1. The molecule has 6 nitrogen and oxygen atoms in total. The Kier molecular flexibility index (Phi) is 8.15. The summed E-state index contributed by atoms with van der Waals surface area (Å²) in [5.74, 6) is -1.39. The highest BCUT2D eigenvalue weighted by atomic mass is 16.5. The summed E-state index contributed by atoms with van der Waals surface area (Å²) < 4.78 is 4.96. The van der Waals surface area contributed by atoms with Gasteiger partial charge in [-0.05, 0) is 36.6 Å². The molecule has 29 heavy (non-hydrogen) atoms. The number of nitrogens with zero attached hydrogens (tertiary/aromatic N) is 1. The highest BCUT2D eigenvalue weighted by molar-refractivity contribution is 5.95. The molecular weight excluding hydrogens is 368 g/mol. The number of ether oxygens (including phenoxy) is 1. The van der Waals surface area contributed by atoms with Gasteiger partial charge in [-0.15, -0.1) is 0 Å². The van der Waals surface area contributed by atoms with E-state index >= 15 is 0 Å². The smallest absolute Gasteiger partial charge is 0.331 e. The van der Waals surface area contributed by atoms with Crippen LogP contribution in [0, 0.1) is 6.92 Å². The molecular formula is C23H26N2O4. The number of amides is 2. The minimum atomic E-state index is -0.616. The van der Waals surface area contributed by atoms with E-state index in [-0.39, 0.29) is 12.5 Å². The van der Waals surface area contributed by atoms with E-state index in [0.717, 1.165) is 28.8 Å². The van der Waals surface area contributed by atoms with Gasteiger partial charge in [0.15, 0.2) is 6.61 Å². The van der Waals surface area contributed by atoms with Gasteiger partial charge >= 0.3 is 5.97 Å². The topological polar surface area (TPSA) is 75.7 Å². The number of hydrogen-bond donors (Lipinski definition) is 1. The fourth-order valence-electron chi connectivity index (χ4n) is 2.67. The Balaban J connectivity index is 1.79. The molecule has 0 radical (unpaired) electrons. The summed E-state index contributed by atoms with van der Waals surface area (Å²) in [4.78, 5) is 37.3. The highest BCUT2D eigenvalue weighted by Gasteiger charge is 2.15. The molecule has 2 amide bonds. The van der Waals surface area contributed by atoms with Crippen molar-refractivity contribution in [2.45, 2.75) is 20.3 Å².